The fraction of sp³-hybridized carbons (Fsp3) is 0.533. The normalized spacial score (nSPS) is 16.8. The van der Waals surface area contributed by atoms with Crippen LogP contribution in [0.5, 0.6) is 5.75 Å². The molecule has 0 unspecified atom stereocenters. The Kier molecular flexibility index (Phi) is 14.4. The van der Waals surface area contributed by atoms with Gasteiger partial charge in [-0.15, -0.1) is 0 Å². The number of benzene rings is 3. The van der Waals surface area contributed by atoms with Crippen molar-refractivity contribution in [2.75, 3.05) is 26.9 Å². The van der Waals surface area contributed by atoms with Crippen LogP contribution in [0.15, 0.2) is 97.1 Å². The number of nitrogens with zero attached hydrogens (tertiary/aromatic N) is 1. The topological polar surface area (TPSA) is 48.0 Å². The maximum Gasteiger partial charge on any atom is 0.261 e. The summed E-state index contributed by atoms with van der Waals surface area (Å²) >= 11 is 0. The predicted molar refractivity (Wildman–Crippen MR) is 224 cm³/mol. The fourth-order valence-corrected chi connectivity index (χ4v) is 13.4. The van der Waals surface area contributed by atoms with Crippen LogP contribution >= 0.6 is 0 Å². The molecule has 3 atom stereocenters. The van der Waals surface area contributed by atoms with Crippen molar-refractivity contribution < 1.29 is 18.4 Å². The molecular formula is C45H67NO4Si2. The average molecular weight is 742 g/mol. The van der Waals surface area contributed by atoms with Crippen LogP contribution in [0.4, 0.5) is 0 Å². The Hall–Kier alpha value is -2.98. The molecule has 1 aliphatic rings. The number of ether oxygens (including phenoxy) is 1. The SMILES string of the molecule is C=C(C)[C@H](CCCO[Si](c1ccccc1)(c1ccccc1)C(C)(C)C)[C@@H](CCc1cccc(OC)c1)C(=O)N1CCC[C@H]1CO[Si](C)(C)C(C)(C)C. The largest absolute Gasteiger partial charge is 0.497 e. The number of hydrogen-bond acceptors (Lipinski definition) is 4. The molecule has 3 aromatic carbocycles. The summed E-state index contributed by atoms with van der Waals surface area (Å²) in [5, 5.41) is 2.62. The molecule has 1 aliphatic heterocycles. The third-order valence-electron chi connectivity index (χ3n) is 11.8. The lowest BCUT2D eigenvalue weighted by Gasteiger charge is -2.43. The molecule has 284 valence electrons. The van der Waals surface area contributed by atoms with E-state index in [0.29, 0.717) is 13.2 Å². The number of rotatable bonds is 17. The second kappa shape index (κ2) is 17.9. The lowest BCUT2D eigenvalue weighted by atomic mass is 9.79. The molecule has 7 heteroatoms. The van der Waals surface area contributed by atoms with E-state index < -0.39 is 16.6 Å². The molecule has 0 radical (unpaired) electrons. The van der Waals surface area contributed by atoms with E-state index in [-0.39, 0.29) is 33.9 Å². The quantitative estimate of drug-likeness (QED) is 0.0786. The Morgan fingerprint density at radius 3 is 2.00 bits per heavy atom. The Labute approximate surface area is 318 Å². The second-order valence-electron chi connectivity index (χ2n) is 17.5. The molecule has 0 spiro atoms. The number of carbonyl (C=O) groups is 1. The summed E-state index contributed by atoms with van der Waals surface area (Å²) in [5.41, 5.74) is 2.26. The van der Waals surface area contributed by atoms with Crippen LogP contribution < -0.4 is 15.1 Å². The Balaban J connectivity index is 1.59. The minimum atomic E-state index is -2.65. The first-order valence-electron chi connectivity index (χ1n) is 19.5. The number of carbonyl (C=O) groups excluding carboxylic acids is 1. The van der Waals surface area contributed by atoms with Gasteiger partial charge in [-0.05, 0) is 103 Å². The van der Waals surface area contributed by atoms with Crippen molar-refractivity contribution in [3.63, 3.8) is 0 Å². The van der Waals surface area contributed by atoms with Gasteiger partial charge in [-0.3, -0.25) is 4.79 Å². The minimum absolute atomic E-state index is 0.0448. The summed E-state index contributed by atoms with van der Waals surface area (Å²) in [6.07, 6.45) is 5.27. The van der Waals surface area contributed by atoms with Crippen LogP contribution in [-0.2, 0) is 20.1 Å². The number of aryl methyl sites for hydroxylation is 1. The van der Waals surface area contributed by atoms with E-state index in [1.165, 1.54) is 15.9 Å². The molecule has 0 saturated carbocycles. The van der Waals surface area contributed by atoms with E-state index in [0.717, 1.165) is 56.4 Å². The van der Waals surface area contributed by atoms with Gasteiger partial charge in [0.2, 0.25) is 5.91 Å². The van der Waals surface area contributed by atoms with Gasteiger partial charge in [-0.2, -0.15) is 0 Å². The zero-order valence-corrected chi connectivity index (χ0v) is 36.0. The van der Waals surface area contributed by atoms with E-state index in [1.54, 1.807) is 7.11 Å². The van der Waals surface area contributed by atoms with Crippen molar-refractivity contribution >= 4 is 32.9 Å². The summed E-state index contributed by atoms with van der Waals surface area (Å²) in [5.74, 6) is 0.971. The van der Waals surface area contributed by atoms with Crippen molar-refractivity contribution in [1.82, 2.24) is 4.90 Å². The first kappa shape index (κ1) is 41.8. The van der Waals surface area contributed by atoms with Crippen LogP contribution in [0.25, 0.3) is 0 Å². The van der Waals surface area contributed by atoms with Crippen molar-refractivity contribution in [3.05, 3.63) is 103 Å². The Morgan fingerprint density at radius 1 is 0.846 bits per heavy atom. The highest BCUT2D eigenvalue weighted by Crippen LogP contribution is 2.39. The smallest absolute Gasteiger partial charge is 0.261 e. The van der Waals surface area contributed by atoms with Crippen molar-refractivity contribution in [1.29, 1.82) is 0 Å². The monoisotopic (exact) mass is 741 g/mol. The maximum absolute atomic E-state index is 14.9. The van der Waals surface area contributed by atoms with Crippen LogP contribution in [0.2, 0.25) is 23.2 Å². The van der Waals surface area contributed by atoms with Crippen LogP contribution in [0, 0.1) is 11.8 Å². The number of methoxy groups -OCH3 is 1. The second-order valence-corrected chi connectivity index (χ2v) is 26.6. The first-order chi connectivity index (χ1) is 24.5. The number of likely N-dealkylation sites (tertiary alicyclic amines) is 1. The van der Waals surface area contributed by atoms with Crippen LogP contribution in [0.3, 0.4) is 0 Å². The highest BCUT2D eigenvalue weighted by atomic mass is 28.4. The van der Waals surface area contributed by atoms with Gasteiger partial charge in [0.25, 0.3) is 8.32 Å². The summed E-state index contributed by atoms with van der Waals surface area (Å²) < 4.78 is 19.5. The molecule has 5 nitrogen and oxygen atoms in total. The standard InChI is InChI=1S/C45H67NO4Si2/c1-35(2)41(28-20-32-49-52(45(6,7)8,39-24-14-12-15-25-39)40-26-16-13-17-27-40)42(30-29-36-21-18-23-38(33-36)48-9)43(47)46-31-19-22-37(46)34-50-51(10,11)44(3,4)5/h12-18,21,23-27,33,37,41-42H,1,19-20,22,28-32,34H2,2-11H3/t37-,41-,42+/m0/s1. The summed E-state index contributed by atoms with van der Waals surface area (Å²) in [6, 6.07) is 30.1. The van der Waals surface area contributed by atoms with Crippen molar-refractivity contribution in [2.45, 2.75) is 116 Å². The molecule has 1 fully saturated rings. The highest BCUT2D eigenvalue weighted by Gasteiger charge is 2.50. The van der Waals surface area contributed by atoms with Gasteiger partial charge in [0.05, 0.1) is 19.8 Å². The third kappa shape index (κ3) is 9.96. The Bertz CT molecular complexity index is 1540. The van der Waals surface area contributed by atoms with Gasteiger partial charge >= 0.3 is 0 Å². The van der Waals surface area contributed by atoms with Gasteiger partial charge in [0, 0.05) is 19.1 Å². The number of hydrogen-bond donors (Lipinski definition) is 0. The van der Waals surface area contributed by atoms with E-state index >= 15 is 0 Å². The molecule has 0 aromatic heterocycles. The first-order valence-corrected chi connectivity index (χ1v) is 24.3. The number of allylic oxidation sites excluding steroid dienone is 1. The molecule has 1 amide bonds. The molecule has 3 aromatic rings. The van der Waals surface area contributed by atoms with Crippen molar-refractivity contribution in [2.24, 2.45) is 11.8 Å². The molecule has 0 N–H and O–H groups in total. The van der Waals surface area contributed by atoms with Gasteiger partial charge < -0.3 is 18.5 Å². The summed E-state index contributed by atoms with van der Waals surface area (Å²) in [4.78, 5) is 17.0. The molecule has 1 saturated heterocycles. The predicted octanol–water partition coefficient (Wildman–Crippen LogP) is 9.81. The lowest BCUT2D eigenvalue weighted by molar-refractivity contribution is -0.138. The zero-order valence-electron chi connectivity index (χ0n) is 34.0. The van der Waals surface area contributed by atoms with Gasteiger partial charge in [-0.1, -0.05) is 126 Å². The van der Waals surface area contributed by atoms with Crippen LogP contribution in [-0.4, -0.2) is 60.4 Å². The molecule has 0 bridgehead atoms. The fourth-order valence-electron chi connectivity index (χ4n) is 7.76. The minimum Gasteiger partial charge on any atom is -0.497 e. The number of amides is 1. The lowest BCUT2D eigenvalue weighted by Crippen LogP contribution is -2.66. The van der Waals surface area contributed by atoms with Crippen molar-refractivity contribution in [3.8, 4) is 5.75 Å². The molecular weight excluding hydrogens is 675 g/mol. The highest BCUT2D eigenvalue weighted by molar-refractivity contribution is 6.99. The molecule has 4 rings (SSSR count). The van der Waals surface area contributed by atoms with E-state index in [4.69, 9.17) is 13.6 Å². The third-order valence-corrected chi connectivity index (χ3v) is 21.4. The molecule has 52 heavy (non-hydrogen) atoms. The van der Waals surface area contributed by atoms with E-state index in [9.17, 15) is 4.79 Å². The molecule has 0 aliphatic carbocycles. The molecule has 1 heterocycles. The van der Waals surface area contributed by atoms with Gasteiger partial charge in [-0.25, -0.2) is 0 Å². The van der Waals surface area contributed by atoms with Crippen LogP contribution in [0.1, 0.15) is 86.1 Å². The summed E-state index contributed by atoms with van der Waals surface area (Å²) in [6.45, 7) is 27.1. The van der Waals surface area contributed by atoms with E-state index in [2.05, 4.69) is 146 Å². The van der Waals surface area contributed by atoms with E-state index in [1.807, 2.05) is 12.1 Å². The van der Waals surface area contributed by atoms with Gasteiger partial charge in [0.15, 0.2) is 8.32 Å². The Morgan fingerprint density at radius 2 is 1.46 bits per heavy atom. The zero-order chi connectivity index (χ0) is 38.2. The summed E-state index contributed by atoms with van der Waals surface area (Å²) in [7, 11) is -2.90. The maximum atomic E-state index is 14.9. The van der Waals surface area contributed by atoms with Gasteiger partial charge in [0.1, 0.15) is 5.75 Å². The average Bonchev–Trinajstić information content (AvgIpc) is 3.58.